The number of nitrogens with one attached hydrogen (secondary N) is 1. The van der Waals surface area contributed by atoms with E-state index in [1.165, 1.54) is 26.2 Å². The van der Waals surface area contributed by atoms with E-state index in [1.54, 1.807) is 0 Å². The molecule has 0 atom stereocenters. The van der Waals surface area contributed by atoms with Crippen molar-refractivity contribution in [3.8, 4) is 0 Å². The first-order valence-electron chi connectivity index (χ1n) is 3.43. The zero-order valence-electron chi connectivity index (χ0n) is 6.22. The van der Waals surface area contributed by atoms with Crippen LogP contribution in [0.25, 0.3) is 0 Å². The number of nitrogens with zero attached hydrogens (tertiary/aromatic N) is 1. The highest BCUT2D eigenvalue weighted by atomic mass is 32.2. The molecule has 0 unspecified atom stereocenters. The minimum absolute atomic E-state index is 0.175. The standard InChI is InChI=1S/C6H16N2S/c1-9(2)8-5-3-7-4-6-8/h7,9H,3-6H2,1-2H3. The smallest absolute Gasteiger partial charge is 0.0197 e. The topological polar surface area (TPSA) is 15.3 Å². The minimum atomic E-state index is 0.175. The summed E-state index contributed by atoms with van der Waals surface area (Å²) in [6.45, 7) is 4.86. The van der Waals surface area contributed by atoms with E-state index in [9.17, 15) is 0 Å². The van der Waals surface area contributed by atoms with Crippen LogP contribution in [-0.4, -0.2) is 43.0 Å². The molecule has 0 bridgehead atoms. The lowest BCUT2D eigenvalue weighted by Gasteiger charge is -2.32. The van der Waals surface area contributed by atoms with E-state index in [0.29, 0.717) is 0 Å². The van der Waals surface area contributed by atoms with Crippen molar-refractivity contribution in [2.75, 3.05) is 38.7 Å². The fourth-order valence-corrected chi connectivity index (χ4v) is 2.05. The van der Waals surface area contributed by atoms with E-state index in [-0.39, 0.29) is 11.1 Å². The lowest BCUT2D eigenvalue weighted by molar-refractivity contribution is 0.394. The molecule has 56 valence electrons. The van der Waals surface area contributed by atoms with Crippen molar-refractivity contribution in [2.45, 2.75) is 0 Å². The van der Waals surface area contributed by atoms with Gasteiger partial charge in [-0.3, -0.25) is 4.31 Å². The van der Waals surface area contributed by atoms with Gasteiger partial charge in [0, 0.05) is 26.2 Å². The van der Waals surface area contributed by atoms with Crippen LogP contribution in [0.2, 0.25) is 0 Å². The third kappa shape index (κ3) is 2.16. The van der Waals surface area contributed by atoms with Crippen LogP contribution in [0.5, 0.6) is 0 Å². The number of hydrogen-bond donors (Lipinski definition) is 2. The zero-order valence-corrected chi connectivity index (χ0v) is 7.12. The quantitative estimate of drug-likeness (QED) is 0.512. The van der Waals surface area contributed by atoms with Gasteiger partial charge in [-0.05, 0) is 12.5 Å². The molecule has 0 spiro atoms. The molecule has 1 N–H and O–H groups in total. The second kappa shape index (κ2) is 3.44. The van der Waals surface area contributed by atoms with Gasteiger partial charge in [-0.25, -0.2) is 11.1 Å². The summed E-state index contributed by atoms with van der Waals surface area (Å²) < 4.78 is 2.56. The van der Waals surface area contributed by atoms with Gasteiger partial charge in [-0.2, -0.15) is 0 Å². The first-order chi connectivity index (χ1) is 4.30. The molecular formula is C6H16N2S. The molecule has 1 fully saturated rings. The Morgan fingerprint density at radius 2 is 1.78 bits per heavy atom. The van der Waals surface area contributed by atoms with E-state index >= 15 is 0 Å². The van der Waals surface area contributed by atoms with E-state index < -0.39 is 0 Å². The Balaban J connectivity index is 2.23. The van der Waals surface area contributed by atoms with Gasteiger partial charge in [0.05, 0.1) is 0 Å². The fraction of sp³-hybridized carbons (Fsp3) is 1.00. The Morgan fingerprint density at radius 3 is 2.11 bits per heavy atom. The summed E-state index contributed by atoms with van der Waals surface area (Å²) >= 11 is 0.175. The van der Waals surface area contributed by atoms with Crippen molar-refractivity contribution < 1.29 is 0 Å². The Bertz CT molecular complexity index is 79.1. The van der Waals surface area contributed by atoms with Gasteiger partial charge in [-0.15, -0.1) is 0 Å². The molecule has 0 aromatic rings. The predicted octanol–water partition coefficient (Wildman–Crippen LogP) is 0.0674. The number of piperazine rings is 1. The zero-order chi connectivity index (χ0) is 6.69. The molecule has 0 aromatic carbocycles. The average molecular weight is 148 g/mol. The van der Waals surface area contributed by atoms with Gasteiger partial charge in [0.15, 0.2) is 0 Å². The molecule has 1 rings (SSSR count). The molecule has 1 aliphatic heterocycles. The SMILES string of the molecule is C[SH](C)N1CCNCC1. The van der Waals surface area contributed by atoms with Crippen LogP contribution < -0.4 is 5.32 Å². The lowest BCUT2D eigenvalue weighted by Crippen LogP contribution is -2.41. The van der Waals surface area contributed by atoms with Crippen molar-refractivity contribution in [1.29, 1.82) is 0 Å². The maximum Gasteiger partial charge on any atom is 0.0197 e. The Morgan fingerprint density at radius 1 is 1.22 bits per heavy atom. The normalized spacial score (nSPS) is 24.0. The molecule has 1 aliphatic rings. The van der Waals surface area contributed by atoms with Crippen LogP contribution in [0.3, 0.4) is 0 Å². The minimum Gasteiger partial charge on any atom is -0.314 e. The highest BCUT2D eigenvalue weighted by molar-refractivity contribution is 8.13. The third-order valence-electron chi connectivity index (χ3n) is 1.66. The predicted molar refractivity (Wildman–Crippen MR) is 45.3 cm³/mol. The van der Waals surface area contributed by atoms with Crippen molar-refractivity contribution in [3.05, 3.63) is 0 Å². The van der Waals surface area contributed by atoms with Gasteiger partial charge >= 0.3 is 0 Å². The summed E-state index contributed by atoms with van der Waals surface area (Å²) in [6.07, 6.45) is 4.64. The molecule has 0 radical (unpaired) electrons. The average Bonchev–Trinajstić information content (AvgIpc) is 1.90. The van der Waals surface area contributed by atoms with Crippen molar-refractivity contribution >= 4 is 11.1 Å². The summed E-state index contributed by atoms with van der Waals surface area (Å²) in [4.78, 5) is 0. The van der Waals surface area contributed by atoms with E-state index in [4.69, 9.17) is 0 Å². The monoisotopic (exact) mass is 148 g/mol. The summed E-state index contributed by atoms with van der Waals surface area (Å²) in [5.74, 6) is 0. The summed E-state index contributed by atoms with van der Waals surface area (Å²) in [5.41, 5.74) is 0. The number of rotatable bonds is 1. The van der Waals surface area contributed by atoms with Gasteiger partial charge in [0.25, 0.3) is 0 Å². The molecule has 0 aromatic heterocycles. The van der Waals surface area contributed by atoms with Crippen LogP contribution in [0.1, 0.15) is 0 Å². The maximum atomic E-state index is 3.34. The lowest BCUT2D eigenvalue weighted by atomic mass is 10.4. The van der Waals surface area contributed by atoms with Gasteiger partial charge in [-0.1, -0.05) is 0 Å². The molecular weight excluding hydrogens is 132 g/mol. The second-order valence-electron chi connectivity index (χ2n) is 2.55. The van der Waals surface area contributed by atoms with Crippen LogP contribution in [0.15, 0.2) is 0 Å². The van der Waals surface area contributed by atoms with Gasteiger partial charge in [0.1, 0.15) is 0 Å². The molecule has 0 aliphatic carbocycles. The largest absolute Gasteiger partial charge is 0.314 e. The highest BCUT2D eigenvalue weighted by Gasteiger charge is 2.09. The van der Waals surface area contributed by atoms with E-state index in [1.807, 2.05) is 0 Å². The van der Waals surface area contributed by atoms with E-state index in [2.05, 4.69) is 22.1 Å². The maximum absolute atomic E-state index is 3.34. The van der Waals surface area contributed by atoms with Crippen molar-refractivity contribution in [3.63, 3.8) is 0 Å². The molecule has 9 heavy (non-hydrogen) atoms. The fourth-order valence-electron chi connectivity index (χ4n) is 1.05. The molecule has 1 heterocycles. The number of thiol groups is 1. The van der Waals surface area contributed by atoms with Crippen LogP contribution >= 0.6 is 11.1 Å². The summed E-state index contributed by atoms with van der Waals surface area (Å²) in [7, 11) is 0. The summed E-state index contributed by atoms with van der Waals surface area (Å²) in [6, 6.07) is 0. The van der Waals surface area contributed by atoms with Crippen LogP contribution in [-0.2, 0) is 0 Å². The Kier molecular flexibility index (Phi) is 2.82. The van der Waals surface area contributed by atoms with Crippen LogP contribution in [0.4, 0.5) is 0 Å². The molecule has 3 heteroatoms. The number of hydrogen-bond acceptors (Lipinski definition) is 2. The third-order valence-corrected chi connectivity index (χ3v) is 3.19. The molecule has 0 saturated carbocycles. The van der Waals surface area contributed by atoms with Crippen molar-refractivity contribution in [1.82, 2.24) is 9.62 Å². The molecule has 0 amide bonds. The molecule has 2 nitrogen and oxygen atoms in total. The van der Waals surface area contributed by atoms with Gasteiger partial charge < -0.3 is 5.32 Å². The summed E-state index contributed by atoms with van der Waals surface area (Å²) in [5, 5.41) is 3.34. The van der Waals surface area contributed by atoms with E-state index in [0.717, 1.165) is 0 Å². The Labute approximate surface area is 60.1 Å². The van der Waals surface area contributed by atoms with Gasteiger partial charge in [0.2, 0.25) is 0 Å². The van der Waals surface area contributed by atoms with Crippen LogP contribution in [0, 0.1) is 0 Å². The Hall–Kier alpha value is 0.270. The molecule has 1 saturated heterocycles. The second-order valence-corrected chi connectivity index (χ2v) is 4.81. The first kappa shape index (κ1) is 7.38. The highest BCUT2D eigenvalue weighted by Crippen LogP contribution is 2.20. The van der Waals surface area contributed by atoms with Crippen molar-refractivity contribution in [2.24, 2.45) is 0 Å². The first-order valence-corrected chi connectivity index (χ1v) is 5.62.